The Balaban J connectivity index is 1.60. The first-order valence-electron chi connectivity index (χ1n) is 11.1. The van der Waals surface area contributed by atoms with Crippen molar-refractivity contribution in [2.45, 2.75) is 36.9 Å². The Morgan fingerprint density at radius 3 is 2.36 bits per heavy atom. The second kappa shape index (κ2) is 7.96. The van der Waals surface area contributed by atoms with E-state index in [1.165, 1.54) is 0 Å². The number of para-hydroxylation sites is 1. The normalized spacial score (nSPS) is 20.9. The van der Waals surface area contributed by atoms with E-state index in [2.05, 4.69) is 25.2 Å². The smallest absolute Gasteiger partial charge is 0.308 e. The number of nitrogens with one attached hydrogen (secondary N) is 1. The monoisotopic (exact) mass is 457 g/mol. The third-order valence-corrected chi connectivity index (χ3v) is 7.73. The molecule has 2 heterocycles. The number of thioether (sulfide) groups is 1. The molecule has 5 nitrogen and oxygen atoms in total. The number of nitrogens with zero attached hydrogens (tertiary/aromatic N) is 2. The zero-order valence-corrected chi connectivity index (χ0v) is 19.9. The molecule has 1 fully saturated rings. The Hall–Kier alpha value is -3.25. The highest BCUT2D eigenvalue weighted by Crippen LogP contribution is 2.60. The van der Waals surface area contributed by atoms with Gasteiger partial charge in [-0.15, -0.1) is 11.8 Å². The van der Waals surface area contributed by atoms with E-state index in [0.717, 1.165) is 22.4 Å². The molecule has 3 aromatic rings. The van der Waals surface area contributed by atoms with E-state index in [1.807, 2.05) is 84.6 Å². The molecule has 0 aliphatic carbocycles. The summed E-state index contributed by atoms with van der Waals surface area (Å²) in [5.74, 6) is -0.0641. The summed E-state index contributed by atoms with van der Waals surface area (Å²) in [6.45, 7) is 7.15. The fourth-order valence-corrected chi connectivity index (χ4v) is 6.48. The largest absolute Gasteiger partial charge is 0.323 e. The average molecular weight is 458 g/mol. The lowest BCUT2D eigenvalue weighted by molar-refractivity contribution is -0.123. The summed E-state index contributed by atoms with van der Waals surface area (Å²) in [5, 5.41) is 3.01. The van der Waals surface area contributed by atoms with Gasteiger partial charge in [-0.3, -0.25) is 9.69 Å². The predicted molar refractivity (Wildman–Crippen MR) is 134 cm³/mol. The summed E-state index contributed by atoms with van der Waals surface area (Å²) in [6, 6.07) is 25.2. The Morgan fingerprint density at radius 2 is 1.67 bits per heavy atom. The van der Waals surface area contributed by atoms with Crippen molar-refractivity contribution in [1.82, 2.24) is 4.90 Å². The topological polar surface area (TPSA) is 52.7 Å². The Bertz CT molecular complexity index is 1210. The summed E-state index contributed by atoms with van der Waals surface area (Å²) < 4.78 is -0.284. The van der Waals surface area contributed by atoms with Gasteiger partial charge in [-0.25, -0.2) is 4.79 Å². The van der Waals surface area contributed by atoms with Gasteiger partial charge in [0.05, 0.1) is 12.2 Å². The van der Waals surface area contributed by atoms with Crippen molar-refractivity contribution >= 4 is 35.1 Å². The van der Waals surface area contributed by atoms with E-state index < -0.39 is 4.87 Å². The third-order valence-electron chi connectivity index (χ3n) is 6.14. The van der Waals surface area contributed by atoms with Crippen molar-refractivity contribution in [3.63, 3.8) is 0 Å². The average Bonchev–Trinajstić information content (AvgIpc) is 3.21. The van der Waals surface area contributed by atoms with Crippen LogP contribution in [0.25, 0.3) is 0 Å². The van der Waals surface area contributed by atoms with Gasteiger partial charge in [0.2, 0.25) is 0 Å². The standard InChI is InChI=1S/C27H27N3O2S/c1-19-14-15-23-22(16-19)27(24(31)29(23)17-20-10-6-4-7-11-20)30(18-26(2,3)33-27)25(32)28-21-12-8-5-9-13-21/h4-16H,17-18H2,1-3H3,(H,28,32). The van der Waals surface area contributed by atoms with Gasteiger partial charge < -0.3 is 10.2 Å². The molecule has 168 valence electrons. The van der Waals surface area contributed by atoms with Gasteiger partial charge in [0, 0.05) is 22.5 Å². The van der Waals surface area contributed by atoms with Crippen molar-refractivity contribution in [3.8, 4) is 0 Å². The van der Waals surface area contributed by atoms with Crippen LogP contribution in [0.4, 0.5) is 16.2 Å². The highest BCUT2D eigenvalue weighted by molar-refractivity contribution is 8.02. The molecule has 3 amide bonds. The summed E-state index contributed by atoms with van der Waals surface area (Å²) in [7, 11) is 0. The first-order valence-corrected chi connectivity index (χ1v) is 11.9. The summed E-state index contributed by atoms with van der Waals surface area (Å²) in [6.07, 6.45) is 0. The molecule has 1 unspecified atom stereocenters. The van der Waals surface area contributed by atoms with Crippen LogP contribution >= 0.6 is 11.8 Å². The molecular formula is C27H27N3O2S. The van der Waals surface area contributed by atoms with Crippen LogP contribution in [0.2, 0.25) is 0 Å². The third kappa shape index (κ3) is 3.68. The molecule has 2 aliphatic rings. The highest BCUT2D eigenvalue weighted by atomic mass is 32.2. The highest BCUT2D eigenvalue weighted by Gasteiger charge is 2.63. The maximum atomic E-state index is 14.2. The second-order valence-corrected chi connectivity index (χ2v) is 11.2. The fourth-order valence-electron chi connectivity index (χ4n) is 4.75. The lowest BCUT2D eigenvalue weighted by Gasteiger charge is -2.33. The molecular weight excluding hydrogens is 430 g/mol. The molecule has 1 N–H and O–H groups in total. The van der Waals surface area contributed by atoms with E-state index in [1.54, 1.807) is 16.7 Å². The van der Waals surface area contributed by atoms with Crippen LogP contribution < -0.4 is 10.2 Å². The molecule has 0 aromatic heterocycles. The van der Waals surface area contributed by atoms with Crippen LogP contribution in [-0.4, -0.2) is 28.1 Å². The van der Waals surface area contributed by atoms with Crippen molar-refractivity contribution < 1.29 is 9.59 Å². The van der Waals surface area contributed by atoms with Gasteiger partial charge in [-0.2, -0.15) is 0 Å². The zero-order valence-electron chi connectivity index (χ0n) is 19.0. The number of carbonyl (C=O) groups excluding carboxylic acids is 2. The van der Waals surface area contributed by atoms with Crippen molar-refractivity contribution in [3.05, 3.63) is 95.6 Å². The number of hydrogen-bond acceptors (Lipinski definition) is 3. The van der Waals surface area contributed by atoms with Crippen LogP contribution in [0.1, 0.15) is 30.5 Å². The first-order chi connectivity index (χ1) is 15.8. The molecule has 33 heavy (non-hydrogen) atoms. The molecule has 1 spiro atoms. The zero-order chi connectivity index (χ0) is 23.2. The van der Waals surface area contributed by atoms with Crippen LogP contribution in [0.3, 0.4) is 0 Å². The van der Waals surface area contributed by atoms with Gasteiger partial charge in [0.1, 0.15) is 0 Å². The molecule has 0 radical (unpaired) electrons. The van der Waals surface area contributed by atoms with E-state index in [9.17, 15) is 9.59 Å². The quantitative estimate of drug-likeness (QED) is 0.545. The van der Waals surface area contributed by atoms with E-state index in [-0.39, 0.29) is 16.7 Å². The molecule has 5 rings (SSSR count). The van der Waals surface area contributed by atoms with E-state index in [0.29, 0.717) is 18.8 Å². The first kappa shape index (κ1) is 21.6. The van der Waals surface area contributed by atoms with E-state index in [4.69, 9.17) is 0 Å². The number of hydrogen-bond donors (Lipinski definition) is 1. The minimum atomic E-state index is -1.10. The lowest BCUT2D eigenvalue weighted by atomic mass is 10.0. The van der Waals surface area contributed by atoms with Crippen molar-refractivity contribution in [1.29, 1.82) is 0 Å². The minimum Gasteiger partial charge on any atom is -0.308 e. The van der Waals surface area contributed by atoms with Gasteiger partial charge in [-0.1, -0.05) is 66.2 Å². The van der Waals surface area contributed by atoms with Crippen LogP contribution in [0.15, 0.2) is 78.9 Å². The molecule has 0 bridgehead atoms. The summed E-state index contributed by atoms with van der Waals surface area (Å²) >= 11 is 1.57. The number of amides is 3. The summed E-state index contributed by atoms with van der Waals surface area (Å²) in [5.41, 5.74) is 4.59. The maximum absolute atomic E-state index is 14.2. The van der Waals surface area contributed by atoms with Crippen molar-refractivity contribution in [2.75, 3.05) is 16.8 Å². The van der Waals surface area contributed by atoms with Gasteiger partial charge in [-0.05, 0) is 44.5 Å². The molecule has 3 aromatic carbocycles. The number of anilines is 2. The number of fused-ring (bicyclic) bond motifs is 2. The Labute approximate surface area is 198 Å². The van der Waals surface area contributed by atoms with Gasteiger partial charge in [0.25, 0.3) is 5.91 Å². The Morgan fingerprint density at radius 1 is 1.00 bits per heavy atom. The van der Waals surface area contributed by atoms with E-state index >= 15 is 0 Å². The lowest BCUT2D eigenvalue weighted by Crippen LogP contribution is -2.51. The van der Waals surface area contributed by atoms with Crippen LogP contribution in [0.5, 0.6) is 0 Å². The minimum absolute atomic E-state index is 0.0641. The number of rotatable bonds is 3. The maximum Gasteiger partial charge on any atom is 0.323 e. The van der Waals surface area contributed by atoms with Crippen molar-refractivity contribution in [2.24, 2.45) is 0 Å². The fraction of sp³-hybridized carbons (Fsp3) is 0.259. The number of carbonyl (C=O) groups is 2. The predicted octanol–water partition coefficient (Wildman–Crippen LogP) is 5.75. The van der Waals surface area contributed by atoms with Crippen LogP contribution in [0, 0.1) is 6.92 Å². The van der Waals surface area contributed by atoms with Gasteiger partial charge >= 0.3 is 6.03 Å². The molecule has 1 atom stereocenters. The molecule has 0 saturated carbocycles. The molecule has 2 aliphatic heterocycles. The van der Waals surface area contributed by atoms with Gasteiger partial charge in [0.15, 0.2) is 4.87 Å². The summed E-state index contributed by atoms with van der Waals surface area (Å²) in [4.78, 5) is 30.3. The second-order valence-electron chi connectivity index (χ2n) is 9.29. The number of benzene rings is 3. The Kier molecular flexibility index (Phi) is 5.20. The molecule has 1 saturated heterocycles. The number of aryl methyl sites for hydroxylation is 1. The van der Waals surface area contributed by atoms with Crippen LogP contribution in [-0.2, 0) is 16.2 Å². The molecule has 6 heteroatoms. The number of urea groups is 1. The SMILES string of the molecule is Cc1ccc2c(c1)C1(SC(C)(C)CN1C(=O)Nc1ccccc1)C(=O)N2Cc1ccccc1.